The van der Waals surface area contributed by atoms with E-state index in [9.17, 15) is 33.9 Å². The average Bonchev–Trinajstić information content (AvgIpc) is 3.30. The van der Waals surface area contributed by atoms with Gasteiger partial charge in [0.25, 0.3) is 0 Å². The number of aliphatic carboxylic acids is 3. The van der Waals surface area contributed by atoms with Gasteiger partial charge in [0.05, 0.1) is 12.5 Å². The van der Waals surface area contributed by atoms with Crippen molar-refractivity contribution in [2.75, 3.05) is 0 Å². The molecular weight excluding hydrogens is 526 g/mol. The molecular formula is C26H35N5O9. The van der Waals surface area contributed by atoms with E-state index >= 15 is 0 Å². The molecule has 1 heterocycles. The molecule has 0 spiro atoms. The second-order valence-electron chi connectivity index (χ2n) is 9.53. The van der Waals surface area contributed by atoms with Gasteiger partial charge in [0.2, 0.25) is 17.7 Å². The molecule has 5 atom stereocenters. The van der Waals surface area contributed by atoms with Crippen LogP contribution in [-0.2, 0) is 35.2 Å². The van der Waals surface area contributed by atoms with E-state index in [0.717, 1.165) is 10.9 Å². The largest absolute Gasteiger partial charge is 0.481 e. The van der Waals surface area contributed by atoms with Crippen LogP contribution in [0.15, 0.2) is 30.5 Å². The van der Waals surface area contributed by atoms with Crippen molar-refractivity contribution in [3.63, 3.8) is 0 Å². The van der Waals surface area contributed by atoms with Crippen LogP contribution in [0.25, 0.3) is 10.9 Å². The molecule has 0 saturated heterocycles. The van der Waals surface area contributed by atoms with E-state index in [1.165, 1.54) is 0 Å². The van der Waals surface area contributed by atoms with Crippen LogP contribution < -0.4 is 21.7 Å². The number of H-pyrrole nitrogens is 1. The number of carbonyl (C=O) groups excluding carboxylic acids is 3. The van der Waals surface area contributed by atoms with Crippen molar-refractivity contribution in [3.8, 4) is 0 Å². The van der Waals surface area contributed by atoms with Crippen LogP contribution in [0.5, 0.6) is 0 Å². The Labute approximate surface area is 229 Å². The third-order valence-electron chi connectivity index (χ3n) is 6.52. The SMILES string of the molecule is CCC(C)C(NC(=O)C(Cc1c[nH]c2ccccc12)NC(=O)C(CCC(=O)O)NC(=O)C(N)CC(=O)O)C(=O)O. The van der Waals surface area contributed by atoms with Crippen molar-refractivity contribution in [3.05, 3.63) is 36.0 Å². The van der Waals surface area contributed by atoms with Crippen molar-refractivity contribution in [1.29, 1.82) is 0 Å². The normalized spacial score (nSPS) is 14.8. The van der Waals surface area contributed by atoms with Gasteiger partial charge in [0, 0.05) is 29.9 Å². The standard InChI is InChI=1S/C26H35N5O9/c1-3-13(2)22(26(39)40)31-25(38)19(10-14-12-28-17-7-5-4-6-15(14)17)30-24(37)18(8-9-20(32)33)29-23(36)16(27)11-21(34)35/h4-7,12-13,16,18-19,22,28H,3,8-11,27H2,1-2H3,(H,29,36)(H,30,37)(H,31,38)(H,32,33)(H,34,35)(H,39,40). The molecule has 0 aliphatic rings. The number of benzene rings is 1. The Morgan fingerprint density at radius 1 is 0.900 bits per heavy atom. The van der Waals surface area contributed by atoms with Gasteiger partial charge in [0.15, 0.2) is 0 Å². The summed E-state index contributed by atoms with van der Waals surface area (Å²) in [4.78, 5) is 76.0. The fourth-order valence-corrected chi connectivity index (χ4v) is 4.04. The lowest BCUT2D eigenvalue weighted by Gasteiger charge is -2.26. The van der Waals surface area contributed by atoms with Gasteiger partial charge in [-0.25, -0.2) is 4.79 Å². The van der Waals surface area contributed by atoms with Crippen LogP contribution >= 0.6 is 0 Å². The van der Waals surface area contributed by atoms with E-state index in [1.54, 1.807) is 32.2 Å². The Kier molecular flexibility index (Phi) is 11.6. The molecule has 1 aromatic carbocycles. The molecule has 14 nitrogen and oxygen atoms in total. The highest BCUT2D eigenvalue weighted by Gasteiger charge is 2.33. The molecule has 0 radical (unpaired) electrons. The lowest BCUT2D eigenvalue weighted by molar-refractivity contribution is -0.143. The third kappa shape index (κ3) is 9.08. The number of para-hydroxylation sites is 1. The number of fused-ring (bicyclic) bond motifs is 1. The Morgan fingerprint density at radius 2 is 1.52 bits per heavy atom. The molecule has 218 valence electrons. The molecule has 0 aliphatic carbocycles. The maximum atomic E-state index is 13.4. The Hall–Kier alpha value is -4.46. The number of nitrogens with one attached hydrogen (secondary N) is 4. The summed E-state index contributed by atoms with van der Waals surface area (Å²) in [6.45, 7) is 3.42. The predicted molar refractivity (Wildman–Crippen MR) is 142 cm³/mol. The first-order valence-corrected chi connectivity index (χ1v) is 12.7. The van der Waals surface area contributed by atoms with Crippen molar-refractivity contribution < 1.29 is 44.1 Å². The summed E-state index contributed by atoms with van der Waals surface area (Å²) in [7, 11) is 0. The molecule has 40 heavy (non-hydrogen) atoms. The van der Waals surface area contributed by atoms with E-state index in [1.807, 2.05) is 12.1 Å². The highest BCUT2D eigenvalue weighted by molar-refractivity contribution is 5.95. The number of carbonyl (C=O) groups is 6. The van der Waals surface area contributed by atoms with Crippen molar-refractivity contribution >= 4 is 46.5 Å². The minimum Gasteiger partial charge on any atom is -0.481 e. The van der Waals surface area contributed by atoms with Gasteiger partial charge in [-0.3, -0.25) is 24.0 Å². The second kappa shape index (κ2) is 14.6. The monoisotopic (exact) mass is 561 g/mol. The van der Waals surface area contributed by atoms with Crippen LogP contribution in [0.3, 0.4) is 0 Å². The minimum absolute atomic E-state index is 0.0629. The second-order valence-corrected chi connectivity index (χ2v) is 9.53. The van der Waals surface area contributed by atoms with Crippen LogP contribution in [-0.4, -0.2) is 80.1 Å². The van der Waals surface area contributed by atoms with Gasteiger partial charge in [-0.05, 0) is 24.0 Å². The average molecular weight is 562 g/mol. The van der Waals surface area contributed by atoms with Crippen molar-refractivity contribution in [2.24, 2.45) is 11.7 Å². The van der Waals surface area contributed by atoms with E-state index in [2.05, 4.69) is 20.9 Å². The molecule has 0 aliphatic heterocycles. The van der Waals surface area contributed by atoms with Crippen LogP contribution in [0.4, 0.5) is 0 Å². The van der Waals surface area contributed by atoms with Gasteiger partial charge in [-0.2, -0.15) is 0 Å². The summed E-state index contributed by atoms with van der Waals surface area (Å²) < 4.78 is 0. The predicted octanol–water partition coefficient (Wildman–Crippen LogP) is -0.0377. The number of hydrogen-bond donors (Lipinski definition) is 8. The minimum atomic E-state index is -1.50. The number of aromatic amines is 1. The zero-order chi connectivity index (χ0) is 30.0. The molecule has 0 bridgehead atoms. The van der Waals surface area contributed by atoms with E-state index in [0.29, 0.717) is 12.0 Å². The molecule has 0 saturated carbocycles. The topological polar surface area (TPSA) is 241 Å². The number of carboxylic acid groups (broad SMARTS) is 3. The first-order valence-electron chi connectivity index (χ1n) is 12.7. The number of nitrogens with two attached hydrogens (primary N) is 1. The Balaban J connectivity index is 2.35. The fourth-order valence-electron chi connectivity index (χ4n) is 4.04. The van der Waals surface area contributed by atoms with Crippen LogP contribution in [0.1, 0.15) is 45.1 Å². The van der Waals surface area contributed by atoms with Crippen LogP contribution in [0.2, 0.25) is 0 Å². The maximum absolute atomic E-state index is 13.4. The highest BCUT2D eigenvalue weighted by atomic mass is 16.4. The lowest BCUT2D eigenvalue weighted by Crippen LogP contribution is -2.58. The molecule has 3 amide bonds. The molecule has 14 heteroatoms. The fraction of sp³-hybridized carbons (Fsp3) is 0.462. The summed E-state index contributed by atoms with van der Waals surface area (Å²) in [5.74, 6) is -6.99. The summed E-state index contributed by atoms with van der Waals surface area (Å²) in [5.41, 5.74) is 6.98. The molecule has 2 aromatic rings. The van der Waals surface area contributed by atoms with Gasteiger partial charge in [-0.15, -0.1) is 0 Å². The Bertz CT molecular complexity index is 1240. The van der Waals surface area contributed by atoms with Gasteiger partial charge in [0.1, 0.15) is 18.1 Å². The number of carboxylic acids is 3. The van der Waals surface area contributed by atoms with E-state index in [-0.39, 0.29) is 12.8 Å². The molecule has 1 aromatic heterocycles. The van der Waals surface area contributed by atoms with Crippen molar-refractivity contribution in [2.45, 2.75) is 70.1 Å². The molecule has 0 fully saturated rings. The van der Waals surface area contributed by atoms with Gasteiger partial charge >= 0.3 is 17.9 Å². The summed E-state index contributed by atoms with van der Waals surface area (Å²) in [5, 5.41) is 35.6. The Morgan fingerprint density at radius 3 is 2.12 bits per heavy atom. The summed E-state index contributed by atoms with van der Waals surface area (Å²) in [6.07, 6.45) is 0.412. The number of hydrogen-bond acceptors (Lipinski definition) is 7. The van der Waals surface area contributed by atoms with Crippen molar-refractivity contribution in [1.82, 2.24) is 20.9 Å². The maximum Gasteiger partial charge on any atom is 0.326 e. The number of amides is 3. The van der Waals surface area contributed by atoms with E-state index in [4.69, 9.17) is 15.9 Å². The smallest absolute Gasteiger partial charge is 0.326 e. The van der Waals surface area contributed by atoms with Crippen LogP contribution in [0, 0.1) is 5.92 Å². The number of rotatable bonds is 16. The number of aromatic nitrogens is 1. The first-order chi connectivity index (χ1) is 18.8. The molecule has 9 N–H and O–H groups in total. The lowest BCUT2D eigenvalue weighted by atomic mass is 9.97. The molecule has 2 rings (SSSR count). The van der Waals surface area contributed by atoms with Gasteiger partial charge < -0.3 is 42.0 Å². The zero-order valence-electron chi connectivity index (χ0n) is 22.2. The first kappa shape index (κ1) is 31.8. The van der Waals surface area contributed by atoms with E-state index < -0.39 is 78.6 Å². The summed E-state index contributed by atoms with van der Waals surface area (Å²) in [6, 6.07) is 1.69. The third-order valence-corrected chi connectivity index (χ3v) is 6.52. The van der Waals surface area contributed by atoms with Gasteiger partial charge in [-0.1, -0.05) is 38.5 Å². The zero-order valence-corrected chi connectivity index (χ0v) is 22.2. The molecule has 5 unspecified atom stereocenters. The summed E-state index contributed by atoms with van der Waals surface area (Å²) >= 11 is 0. The quantitative estimate of drug-likeness (QED) is 0.136. The highest BCUT2D eigenvalue weighted by Crippen LogP contribution is 2.20.